The number of nitrogens with one attached hydrogen (secondary N) is 2. The van der Waals surface area contributed by atoms with Gasteiger partial charge in [0.1, 0.15) is 5.82 Å². The molecular formula is C26H31N5O2. The third kappa shape index (κ3) is 5.93. The first-order valence-corrected chi connectivity index (χ1v) is 11.6. The molecule has 1 aromatic carbocycles. The van der Waals surface area contributed by atoms with Gasteiger partial charge in [-0.25, -0.2) is 4.98 Å². The molecule has 7 nitrogen and oxygen atoms in total. The molecule has 1 aliphatic heterocycles. The first kappa shape index (κ1) is 22.9. The van der Waals surface area contributed by atoms with Crippen molar-refractivity contribution in [2.24, 2.45) is 0 Å². The summed E-state index contributed by atoms with van der Waals surface area (Å²) in [6, 6.07) is 12.3. The summed E-state index contributed by atoms with van der Waals surface area (Å²) in [4.78, 5) is 38.9. The van der Waals surface area contributed by atoms with Gasteiger partial charge in [-0.05, 0) is 56.4 Å². The average molecular weight is 446 g/mol. The number of aromatic amines is 1. The first-order chi connectivity index (χ1) is 16.0. The van der Waals surface area contributed by atoms with Crippen molar-refractivity contribution in [1.82, 2.24) is 25.2 Å². The molecule has 0 spiro atoms. The fourth-order valence-electron chi connectivity index (χ4n) is 4.35. The minimum absolute atomic E-state index is 0.00985. The third-order valence-electron chi connectivity index (χ3n) is 6.39. The maximum absolute atomic E-state index is 12.6. The smallest absolute Gasteiger partial charge is 0.254 e. The molecule has 172 valence electrons. The molecule has 1 fully saturated rings. The number of aromatic nitrogens is 3. The standard InChI is InChI=1S/C26H31N5O2/c1-18-5-3-4-6-21(18)17-31-15-11-22(12-16-31)29-24(32)8-7-23-19(2)28-25(30-26(23)33)20-9-13-27-14-10-20/h3-6,9-10,13-14,22H,7-8,11-12,15-17H2,1-2H3,(H,29,32)(H,28,30,33). The summed E-state index contributed by atoms with van der Waals surface area (Å²) in [5, 5.41) is 3.16. The molecule has 0 radical (unpaired) electrons. The van der Waals surface area contributed by atoms with Crippen LogP contribution in [-0.4, -0.2) is 44.9 Å². The van der Waals surface area contributed by atoms with Gasteiger partial charge in [0, 0.05) is 61.3 Å². The Morgan fingerprint density at radius 1 is 1.12 bits per heavy atom. The van der Waals surface area contributed by atoms with Crippen LogP contribution in [0.4, 0.5) is 0 Å². The van der Waals surface area contributed by atoms with Crippen LogP contribution < -0.4 is 10.9 Å². The third-order valence-corrected chi connectivity index (χ3v) is 6.39. The van der Waals surface area contributed by atoms with Crippen LogP contribution in [0.5, 0.6) is 0 Å². The van der Waals surface area contributed by atoms with Crippen molar-refractivity contribution in [3.63, 3.8) is 0 Å². The van der Waals surface area contributed by atoms with Crippen LogP contribution >= 0.6 is 0 Å². The monoisotopic (exact) mass is 445 g/mol. The van der Waals surface area contributed by atoms with E-state index in [4.69, 9.17) is 0 Å². The predicted octanol–water partition coefficient (Wildman–Crippen LogP) is 3.16. The van der Waals surface area contributed by atoms with Crippen LogP contribution in [0.15, 0.2) is 53.6 Å². The van der Waals surface area contributed by atoms with Crippen LogP contribution in [0.3, 0.4) is 0 Å². The van der Waals surface area contributed by atoms with Crippen molar-refractivity contribution >= 4 is 5.91 Å². The first-order valence-electron chi connectivity index (χ1n) is 11.6. The highest BCUT2D eigenvalue weighted by molar-refractivity contribution is 5.76. The minimum atomic E-state index is -0.188. The SMILES string of the molecule is Cc1ccccc1CN1CCC(NC(=O)CCc2c(C)nc(-c3ccncc3)[nH]c2=O)CC1. The van der Waals surface area contributed by atoms with Crippen molar-refractivity contribution in [3.05, 3.63) is 81.5 Å². The maximum Gasteiger partial charge on any atom is 0.254 e. The summed E-state index contributed by atoms with van der Waals surface area (Å²) in [6.45, 7) is 6.86. The summed E-state index contributed by atoms with van der Waals surface area (Å²) < 4.78 is 0. The lowest BCUT2D eigenvalue weighted by molar-refractivity contribution is -0.122. The molecule has 33 heavy (non-hydrogen) atoms. The van der Waals surface area contributed by atoms with Gasteiger partial charge in [0.25, 0.3) is 5.56 Å². The molecule has 0 unspecified atom stereocenters. The Morgan fingerprint density at radius 3 is 2.55 bits per heavy atom. The fourth-order valence-corrected chi connectivity index (χ4v) is 4.35. The normalized spacial score (nSPS) is 14.8. The van der Waals surface area contributed by atoms with Gasteiger partial charge in [-0.3, -0.25) is 19.5 Å². The Balaban J connectivity index is 1.26. The second-order valence-electron chi connectivity index (χ2n) is 8.76. The van der Waals surface area contributed by atoms with Gasteiger partial charge in [0.15, 0.2) is 0 Å². The summed E-state index contributed by atoms with van der Waals surface area (Å²) >= 11 is 0. The summed E-state index contributed by atoms with van der Waals surface area (Å²) in [7, 11) is 0. The lowest BCUT2D eigenvalue weighted by Gasteiger charge is -2.32. The predicted molar refractivity (Wildman–Crippen MR) is 129 cm³/mol. The number of hydrogen-bond donors (Lipinski definition) is 2. The fraction of sp³-hybridized carbons (Fsp3) is 0.385. The van der Waals surface area contributed by atoms with E-state index in [-0.39, 0.29) is 23.9 Å². The maximum atomic E-state index is 12.6. The van der Waals surface area contributed by atoms with Gasteiger partial charge in [-0.1, -0.05) is 24.3 Å². The molecule has 4 rings (SSSR count). The highest BCUT2D eigenvalue weighted by Crippen LogP contribution is 2.17. The molecule has 1 aliphatic rings. The van der Waals surface area contributed by atoms with Crippen LogP contribution in [0.25, 0.3) is 11.4 Å². The Morgan fingerprint density at radius 2 is 1.85 bits per heavy atom. The zero-order valence-electron chi connectivity index (χ0n) is 19.3. The molecule has 3 heterocycles. The van der Waals surface area contributed by atoms with Crippen LogP contribution in [0, 0.1) is 13.8 Å². The van der Waals surface area contributed by atoms with Crippen LogP contribution in [-0.2, 0) is 17.8 Å². The number of rotatable bonds is 7. The zero-order valence-corrected chi connectivity index (χ0v) is 19.3. The second-order valence-corrected chi connectivity index (χ2v) is 8.76. The van der Waals surface area contributed by atoms with Gasteiger partial charge in [0.2, 0.25) is 5.91 Å². The Hall–Kier alpha value is -3.32. The van der Waals surface area contributed by atoms with Gasteiger partial charge < -0.3 is 10.3 Å². The Kier molecular flexibility index (Phi) is 7.29. The van der Waals surface area contributed by atoms with E-state index in [9.17, 15) is 9.59 Å². The number of nitrogens with zero attached hydrogens (tertiary/aromatic N) is 3. The molecule has 0 atom stereocenters. The number of hydrogen-bond acceptors (Lipinski definition) is 5. The van der Waals surface area contributed by atoms with E-state index in [0.29, 0.717) is 23.5 Å². The average Bonchev–Trinajstić information content (AvgIpc) is 2.82. The van der Waals surface area contributed by atoms with Crippen molar-refractivity contribution in [2.75, 3.05) is 13.1 Å². The Labute approximate surface area is 194 Å². The van der Waals surface area contributed by atoms with E-state index in [1.165, 1.54) is 11.1 Å². The number of carbonyl (C=O) groups is 1. The number of amides is 1. The highest BCUT2D eigenvalue weighted by atomic mass is 16.1. The van der Waals surface area contributed by atoms with E-state index in [2.05, 4.69) is 56.4 Å². The number of pyridine rings is 1. The van der Waals surface area contributed by atoms with Crippen molar-refractivity contribution in [2.45, 2.75) is 52.1 Å². The highest BCUT2D eigenvalue weighted by Gasteiger charge is 2.21. The molecule has 1 amide bonds. The Bertz CT molecular complexity index is 1150. The number of H-pyrrole nitrogens is 1. The second kappa shape index (κ2) is 10.5. The lowest BCUT2D eigenvalue weighted by atomic mass is 10.0. The number of benzene rings is 1. The number of aryl methyl sites for hydroxylation is 2. The molecule has 7 heteroatoms. The molecule has 3 aromatic rings. The molecule has 0 aliphatic carbocycles. The summed E-state index contributed by atoms with van der Waals surface area (Å²) in [6.07, 6.45) is 5.87. The molecule has 2 N–H and O–H groups in total. The molecule has 1 saturated heterocycles. The van der Waals surface area contributed by atoms with Crippen LogP contribution in [0.1, 0.15) is 41.6 Å². The van der Waals surface area contributed by atoms with Gasteiger partial charge in [-0.2, -0.15) is 0 Å². The quantitative estimate of drug-likeness (QED) is 0.583. The van der Waals surface area contributed by atoms with Crippen molar-refractivity contribution in [1.29, 1.82) is 0 Å². The zero-order chi connectivity index (χ0) is 23.2. The van der Waals surface area contributed by atoms with Crippen molar-refractivity contribution < 1.29 is 4.79 Å². The van der Waals surface area contributed by atoms with Gasteiger partial charge >= 0.3 is 0 Å². The number of piperidine rings is 1. The number of likely N-dealkylation sites (tertiary alicyclic amines) is 1. The van der Waals surface area contributed by atoms with Crippen molar-refractivity contribution in [3.8, 4) is 11.4 Å². The molecule has 0 bridgehead atoms. The largest absolute Gasteiger partial charge is 0.353 e. The lowest BCUT2D eigenvalue weighted by Crippen LogP contribution is -2.44. The van der Waals surface area contributed by atoms with E-state index in [0.717, 1.165) is 38.0 Å². The number of carbonyl (C=O) groups excluding carboxylic acids is 1. The van der Waals surface area contributed by atoms with Gasteiger partial charge in [-0.15, -0.1) is 0 Å². The van der Waals surface area contributed by atoms with E-state index < -0.39 is 0 Å². The summed E-state index contributed by atoms with van der Waals surface area (Å²) in [5.74, 6) is 0.509. The van der Waals surface area contributed by atoms with E-state index >= 15 is 0 Å². The van der Waals surface area contributed by atoms with Gasteiger partial charge in [0.05, 0.1) is 0 Å². The summed E-state index contributed by atoms with van der Waals surface area (Å²) in [5.41, 5.74) is 4.53. The van der Waals surface area contributed by atoms with Crippen LogP contribution in [0.2, 0.25) is 0 Å². The molecule has 0 saturated carbocycles. The minimum Gasteiger partial charge on any atom is -0.353 e. The molecular weight excluding hydrogens is 414 g/mol. The van der Waals surface area contributed by atoms with E-state index in [1.807, 2.05) is 6.92 Å². The molecule has 2 aromatic heterocycles. The van der Waals surface area contributed by atoms with E-state index in [1.54, 1.807) is 24.5 Å². The topological polar surface area (TPSA) is 91.0 Å².